The van der Waals surface area contributed by atoms with Crippen molar-refractivity contribution in [2.45, 2.75) is 12.7 Å². The quantitative estimate of drug-likeness (QED) is 0.525. The minimum atomic E-state index is -4.52. The van der Waals surface area contributed by atoms with Crippen molar-refractivity contribution in [2.24, 2.45) is 0 Å². The molecule has 0 atom stereocenters. The fourth-order valence-electron chi connectivity index (χ4n) is 3.75. The number of rotatable bonds is 7. The van der Waals surface area contributed by atoms with E-state index in [4.69, 9.17) is 4.74 Å². The Bertz CT molecular complexity index is 1310. The summed E-state index contributed by atoms with van der Waals surface area (Å²) in [6, 6.07) is 12.3. The smallest absolute Gasteiger partial charge is 0.379 e. The maximum absolute atomic E-state index is 13.1. The van der Waals surface area contributed by atoms with E-state index >= 15 is 0 Å². The molecule has 9 nitrogen and oxygen atoms in total. The molecule has 2 aromatic carbocycles. The summed E-state index contributed by atoms with van der Waals surface area (Å²) in [5.74, 6) is -0.751. The van der Waals surface area contributed by atoms with E-state index in [9.17, 15) is 27.6 Å². The Morgan fingerprint density at radius 1 is 1.00 bits per heavy atom. The van der Waals surface area contributed by atoms with Gasteiger partial charge in [-0.05, 0) is 29.8 Å². The van der Waals surface area contributed by atoms with Gasteiger partial charge in [0.2, 0.25) is 5.69 Å². The van der Waals surface area contributed by atoms with Gasteiger partial charge in [0.1, 0.15) is 0 Å². The summed E-state index contributed by atoms with van der Waals surface area (Å²) in [4.78, 5) is 41.3. The molecule has 4 rings (SSSR count). The second-order valence-electron chi connectivity index (χ2n) is 8.17. The van der Waals surface area contributed by atoms with Crippen molar-refractivity contribution in [1.29, 1.82) is 0 Å². The van der Waals surface area contributed by atoms with Crippen molar-refractivity contribution in [2.75, 3.05) is 39.4 Å². The molecule has 0 aliphatic carbocycles. The first kappa shape index (κ1) is 25.3. The molecule has 0 bridgehead atoms. The van der Waals surface area contributed by atoms with Gasteiger partial charge in [0, 0.05) is 26.2 Å². The highest BCUT2D eigenvalue weighted by Crippen LogP contribution is 2.29. The van der Waals surface area contributed by atoms with E-state index in [1.165, 1.54) is 12.1 Å². The van der Waals surface area contributed by atoms with E-state index in [-0.39, 0.29) is 18.7 Å². The number of para-hydroxylation sites is 1. The van der Waals surface area contributed by atoms with E-state index in [2.05, 4.69) is 15.3 Å². The Labute approximate surface area is 203 Å². The second kappa shape index (κ2) is 10.9. The Hall–Kier alpha value is -3.77. The number of morpholine rings is 1. The molecule has 0 saturated carbocycles. The third kappa shape index (κ3) is 5.89. The molecule has 1 fully saturated rings. The standard InChI is InChI=1S/C24H24F3N5O4/c25-24(26,27)18-8-6-17(7-9-18)16-31-22(34)20(21(33)28-10-11-30-12-14-36-15-13-30)29-32(23(31)35)19-4-2-1-3-5-19/h1-9H,10-16H2,(H,28,33). The van der Waals surface area contributed by atoms with Crippen LogP contribution in [-0.4, -0.2) is 64.5 Å². The molecule has 2 heterocycles. The van der Waals surface area contributed by atoms with Crippen molar-refractivity contribution >= 4 is 5.91 Å². The summed E-state index contributed by atoms with van der Waals surface area (Å²) in [5, 5.41) is 6.70. The van der Waals surface area contributed by atoms with Crippen LogP contribution in [0.4, 0.5) is 13.2 Å². The number of alkyl halides is 3. The van der Waals surface area contributed by atoms with Gasteiger partial charge >= 0.3 is 11.9 Å². The fourth-order valence-corrected chi connectivity index (χ4v) is 3.75. The SMILES string of the molecule is O=C(NCCN1CCOCC1)c1nn(-c2ccccc2)c(=O)n(Cc2ccc(C(F)(F)F)cc2)c1=O. The molecule has 1 saturated heterocycles. The average Bonchev–Trinajstić information content (AvgIpc) is 2.87. The van der Waals surface area contributed by atoms with Crippen LogP contribution >= 0.6 is 0 Å². The highest BCUT2D eigenvalue weighted by molar-refractivity contribution is 5.91. The van der Waals surface area contributed by atoms with Crippen LogP contribution < -0.4 is 16.6 Å². The number of carbonyl (C=O) groups excluding carboxylic acids is 1. The maximum Gasteiger partial charge on any atom is 0.416 e. The lowest BCUT2D eigenvalue weighted by Crippen LogP contribution is -2.47. The number of benzene rings is 2. The van der Waals surface area contributed by atoms with E-state index in [0.29, 0.717) is 25.4 Å². The number of halogens is 3. The van der Waals surface area contributed by atoms with Gasteiger partial charge in [0.25, 0.3) is 11.5 Å². The summed E-state index contributed by atoms with van der Waals surface area (Å²) in [5.41, 5.74) is -2.49. The molecule has 1 amide bonds. The summed E-state index contributed by atoms with van der Waals surface area (Å²) >= 11 is 0. The van der Waals surface area contributed by atoms with Crippen LogP contribution in [0.5, 0.6) is 0 Å². The van der Waals surface area contributed by atoms with Crippen LogP contribution in [0.15, 0.2) is 64.2 Å². The Balaban J connectivity index is 1.64. The van der Waals surface area contributed by atoms with Gasteiger partial charge in [-0.3, -0.25) is 19.1 Å². The Morgan fingerprint density at radius 3 is 2.31 bits per heavy atom. The van der Waals surface area contributed by atoms with Crippen LogP contribution in [0.2, 0.25) is 0 Å². The Morgan fingerprint density at radius 2 is 1.67 bits per heavy atom. The van der Waals surface area contributed by atoms with Crippen LogP contribution in [0.1, 0.15) is 21.6 Å². The number of nitrogens with one attached hydrogen (secondary N) is 1. The van der Waals surface area contributed by atoms with Crippen molar-refractivity contribution in [3.8, 4) is 5.69 Å². The van der Waals surface area contributed by atoms with E-state index in [0.717, 1.165) is 34.5 Å². The maximum atomic E-state index is 13.1. The molecule has 0 unspecified atom stereocenters. The third-order valence-corrected chi connectivity index (χ3v) is 5.71. The number of ether oxygens (including phenoxy) is 1. The molecule has 12 heteroatoms. The molecule has 190 valence electrons. The van der Waals surface area contributed by atoms with Crippen LogP contribution in [0.25, 0.3) is 5.69 Å². The number of amides is 1. The molecule has 1 aliphatic rings. The van der Waals surface area contributed by atoms with Gasteiger partial charge in [-0.2, -0.15) is 23.0 Å². The predicted molar refractivity (Wildman–Crippen MR) is 124 cm³/mol. The number of aromatic nitrogens is 3. The highest BCUT2D eigenvalue weighted by atomic mass is 19.4. The van der Waals surface area contributed by atoms with Crippen molar-refractivity contribution < 1.29 is 22.7 Å². The second-order valence-corrected chi connectivity index (χ2v) is 8.17. The molecule has 1 aromatic heterocycles. The van der Waals surface area contributed by atoms with E-state index < -0.39 is 34.6 Å². The molecule has 3 aromatic rings. The summed E-state index contributed by atoms with van der Waals surface area (Å²) in [6.07, 6.45) is -4.52. The number of carbonyl (C=O) groups is 1. The fraction of sp³-hybridized carbons (Fsp3) is 0.333. The van der Waals surface area contributed by atoms with Crippen molar-refractivity contribution in [3.05, 3.63) is 92.3 Å². The first-order valence-corrected chi connectivity index (χ1v) is 11.3. The number of hydrogen-bond acceptors (Lipinski definition) is 6. The van der Waals surface area contributed by atoms with E-state index in [1.54, 1.807) is 30.3 Å². The minimum Gasteiger partial charge on any atom is -0.379 e. The van der Waals surface area contributed by atoms with Crippen molar-refractivity contribution in [1.82, 2.24) is 24.6 Å². The first-order valence-electron chi connectivity index (χ1n) is 11.3. The van der Waals surface area contributed by atoms with Crippen LogP contribution in [0.3, 0.4) is 0 Å². The van der Waals surface area contributed by atoms with E-state index in [1.807, 2.05) is 0 Å². The summed E-state index contributed by atoms with van der Waals surface area (Å²) < 4.78 is 45.7. The summed E-state index contributed by atoms with van der Waals surface area (Å²) in [6.45, 7) is 3.13. The normalized spacial score (nSPS) is 14.5. The lowest BCUT2D eigenvalue weighted by molar-refractivity contribution is -0.137. The Kier molecular flexibility index (Phi) is 7.65. The van der Waals surface area contributed by atoms with Crippen LogP contribution in [-0.2, 0) is 17.5 Å². The molecule has 1 aliphatic heterocycles. The van der Waals surface area contributed by atoms with Gasteiger partial charge in [-0.25, -0.2) is 4.79 Å². The van der Waals surface area contributed by atoms with Crippen molar-refractivity contribution in [3.63, 3.8) is 0 Å². The van der Waals surface area contributed by atoms with Gasteiger partial charge in [0.15, 0.2) is 0 Å². The zero-order valence-corrected chi connectivity index (χ0v) is 19.2. The monoisotopic (exact) mass is 503 g/mol. The molecular formula is C24H24F3N5O4. The molecule has 36 heavy (non-hydrogen) atoms. The largest absolute Gasteiger partial charge is 0.416 e. The predicted octanol–water partition coefficient (Wildman–Crippen LogP) is 1.52. The van der Waals surface area contributed by atoms with Gasteiger partial charge in [-0.15, -0.1) is 0 Å². The summed E-state index contributed by atoms with van der Waals surface area (Å²) in [7, 11) is 0. The lowest BCUT2D eigenvalue weighted by Gasteiger charge is -2.26. The molecule has 0 spiro atoms. The third-order valence-electron chi connectivity index (χ3n) is 5.71. The molecule has 1 N–H and O–H groups in total. The van der Waals surface area contributed by atoms with Gasteiger partial charge in [-0.1, -0.05) is 30.3 Å². The topological polar surface area (TPSA) is 98.5 Å². The number of nitrogens with zero attached hydrogens (tertiary/aromatic N) is 4. The molecular weight excluding hydrogens is 479 g/mol. The molecule has 0 radical (unpaired) electrons. The van der Waals surface area contributed by atoms with Gasteiger partial charge in [0.05, 0.1) is 31.0 Å². The van der Waals surface area contributed by atoms with Crippen LogP contribution in [0, 0.1) is 0 Å². The van der Waals surface area contributed by atoms with Gasteiger partial charge < -0.3 is 10.1 Å². The number of hydrogen-bond donors (Lipinski definition) is 1. The zero-order valence-electron chi connectivity index (χ0n) is 19.2. The zero-order chi connectivity index (χ0) is 25.7. The average molecular weight is 503 g/mol. The highest BCUT2D eigenvalue weighted by Gasteiger charge is 2.30. The minimum absolute atomic E-state index is 0.253. The lowest BCUT2D eigenvalue weighted by atomic mass is 10.1. The first-order chi connectivity index (χ1) is 17.2.